The maximum absolute atomic E-state index is 4.88. The highest BCUT2D eigenvalue weighted by atomic mass is 15.7. The molecule has 112 valence electrons. The Bertz CT molecular complexity index is 674. The summed E-state index contributed by atoms with van der Waals surface area (Å²) in [6.07, 6.45) is 0. The van der Waals surface area contributed by atoms with Crippen molar-refractivity contribution >= 4 is 11.4 Å². The monoisotopic (exact) mass is 292 g/mol. The van der Waals surface area contributed by atoms with E-state index >= 15 is 0 Å². The molecule has 1 saturated heterocycles. The molecule has 0 spiro atoms. The average Bonchev–Trinajstić information content (AvgIpc) is 2.62. The second-order valence-electron chi connectivity index (χ2n) is 5.63. The van der Waals surface area contributed by atoms with Crippen molar-refractivity contribution in [2.24, 2.45) is 4.99 Å². The van der Waals surface area contributed by atoms with E-state index in [9.17, 15) is 0 Å². The summed E-state index contributed by atoms with van der Waals surface area (Å²) in [5, 5.41) is 8.13. The van der Waals surface area contributed by atoms with Gasteiger partial charge in [-0.1, -0.05) is 48.5 Å². The first-order valence-corrected chi connectivity index (χ1v) is 7.86. The molecule has 4 heteroatoms. The molecule has 0 unspecified atom stereocenters. The Morgan fingerprint density at radius 3 is 2.41 bits per heavy atom. The van der Waals surface area contributed by atoms with E-state index in [0.29, 0.717) is 6.67 Å². The van der Waals surface area contributed by atoms with E-state index in [-0.39, 0.29) is 0 Å². The van der Waals surface area contributed by atoms with Gasteiger partial charge < -0.3 is 5.32 Å². The maximum Gasteiger partial charge on any atom is 0.125 e. The van der Waals surface area contributed by atoms with Gasteiger partial charge in [0.05, 0.1) is 11.4 Å². The number of piperazine rings is 1. The molecule has 2 aromatic rings. The van der Waals surface area contributed by atoms with Gasteiger partial charge in [-0.05, 0) is 6.07 Å². The first-order chi connectivity index (χ1) is 10.9. The quantitative estimate of drug-likeness (QED) is 0.920. The second kappa shape index (κ2) is 5.91. The summed E-state index contributed by atoms with van der Waals surface area (Å²) in [6, 6.07) is 19.1. The zero-order valence-corrected chi connectivity index (χ0v) is 12.6. The summed E-state index contributed by atoms with van der Waals surface area (Å²) < 4.78 is 0. The van der Waals surface area contributed by atoms with Gasteiger partial charge in [0.1, 0.15) is 6.67 Å². The Balaban J connectivity index is 1.72. The molecule has 0 aromatic heterocycles. The van der Waals surface area contributed by atoms with Gasteiger partial charge in [-0.15, -0.1) is 0 Å². The van der Waals surface area contributed by atoms with Gasteiger partial charge in [0.15, 0.2) is 0 Å². The molecule has 2 aliphatic heterocycles. The van der Waals surface area contributed by atoms with E-state index in [4.69, 9.17) is 4.99 Å². The van der Waals surface area contributed by atoms with Crippen molar-refractivity contribution < 1.29 is 0 Å². The molecule has 0 bridgehead atoms. The van der Waals surface area contributed by atoms with Crippen LogP contribution in [0.25, 0.3) is 0 Å². The van der Waals surface area contributed by atoms with Gasteiger partial charge in [-0.3, -0.25) is 10.0 Å². The summed E-state index contributed by atoms with van der Waals surface area (Å²) in [5.74, 6) is 0. The van der Waals surface area contributed by atoms with Crippen LogP contribution in [0.2, 0.25) is 0 Å². The van der Waals surface area contributed by atoms with E-state index in [2.05, 4.69) is 63.9 Å². The number of fused-ring (bicyclic) bond motifs is 1. The van der Waals surface area contributed by atoms with Gasteiger partial charge in [-0.2, -0.15) is 0 Å². The van der Waals surface area contributed by atoms with Crippen molar-refractivity contribution in [2.45, 2.75) is 0 Å². The number of para-hydroxylation sites is 1. The van der Waals surface area contributed by atoms with Gasteiger partial charge in [-0.25, -0.2) is 5.01 Å². The summed E-state index contributed by atoms with van der Waals surface area (Å²) in [7, 11) is 0. The summed E-state index contributed by atoms with van der Waals surface area (Å²) in [4.78, 5) is 4.88. The molecule has 2 heterocycles. The summed E-state index contributed by atoms with van der Waals surface area (Å²) in [5.41, 5.74) is 4.77. The fourth-order valence-electron chi connectivity index (χ4n) is 3.18. The van der Waals surface area contributed by atoms with Crippen LogP contribution in [0, 0.1) is 0 Å². The highest BCUT2D eigenvalue weighted by Gasteiger charge is 2.25. The standard InChI is InChI=1S/C18H20N4/c1-2-6-15(7-3-1)18-16-8-4-5-9-17(16)22(14-20-18)21-12-10-19-11-13-21/h1-9,19H,10-14H2. The van der Waals surface area contributed by atoms with Crippen LogP contribution < -0.4 is 10.3 Å². The number of hydrazine groups is 1. The van der Waals surface area contributed by atoms with Crippen molar-refractivity contribution in [3.05, 3.63) is 65.7 Å². The molecular formula is C18H20N4. The largest absolute Gasteiger partial charge is 0.314 e. The highest BCUT2D eigenvalue weighted by molar-refractivity contribution is 6.16. The van der Waals surface area contributed by atoms with Crippen molar-refractivity contribution in [1.29, 1.82) is 0 Å². The van der Waals surface area contributed by atoms with E-state index < -0.39 is 0 Å². The van der Waals surface area contributed by atoms with Gasteiger partial charge >= 0.3 is 0 Å². The topological polar surface area (TPSA) is 30.9 Å². The van der Waals surface area contributed by atoms with E-state index in [1.807, 2.05) is 6.07 Å². The SMILES string of the molecule is c1ccc(C2=NCN(N3CCNCC3)c3ccccc32)cc1. The molecule has 4 rings (SSSR count). The lowest BCUT2D eigenvalue weighted by molar-refractivity contribution is 0.220. The minimum atomic E-state index is 0.696. The molecule has 2 aliphatic rings. The predicted octanol–water partition coefficient (Wildman–Crippen LogP) is 2.12. The molecule has 0 atom stereocenters. The molecule has 0 saturated carbocycles. The number of nitrogens with one attached hydrogen (secondary N) is 1. The number of aliphatic imine (C=N–C) groups is 1. The number of nitrogens with zero attached hydrogens (tertiary/aromatic N) is 3. The third-order valence-corrected chi connectivity index (χ3v) is 4.28. The maximum atomic E-state index is 4.88. The average molecular weight is 292 g/mol. The fourth-order valence-corrected chi connectivity index (χ4v) is 3.18. The third kappa shape index (κ3) is 2.40. The Hall–Kier alpha value is -2.17. The minimum absolute atomic E-state index is 0.696. The predicted molar refractivity (Wildman–Crippen MR) is 90.3 cm³/mol. The molecule has 1 N–H and O–H groups in total. The van der Waals surface area contributed by atoms with Crippen LogP contribution in [0.5, 0.6) is 0 Å². The minimum Gasteiger partial charge on any atom is -0.314 e. The first kappa shape index (κ1) is 13.5. The van der Waals surface area contributed by atoms with Crippen LogP contribution in [-0.4, -0.2) is 43.6 Å². The van der Waals surface area contributed by atoms with Crippen LogP contribution in [0.1, 0.15) is 11.1 Å². The lowest BCUT2D eigenvalue weighted by Gasteiger charge is -2.41. The molecular weight excluding hydrogens is 272 g/mol. The van der Waals surface area contributed by atoms with E-state index in [1.165, 1.54) is 16.8 Å². The molecule has 4 nitrogen and oxygen atoms in total. The molecule has 22 heavy (non-hydrogen) atoms. The normalized spacial score (nSPS) is 18.7. The summed E-state index contributed by atoms with van der Waals surface area (Å²) >= 11 is 0. The van der Waals surface area contributed by atoms with Gasteiger partial charge in [0.25, 0.3) is 0 Å². The Morgan fingerprint density at radius 2 is 1.59 bits per heavy atom. The van der Waals surface area contributed by atoms with E-state index in [1.54, 1.807) is 0 Å². The molecule has 2 aromatic carbocycles. The second-order valence-corrected chi connectivity index (χ2v) is 5.63. The summed E-state index contributed by atoms with van der Waals surface area (Å²) in [6.45, 7) is 4.83. The third-order valence-electron chi connectivity index (χ3n) is 4.28. The lowest BCUT2D eigenvalue weighted by atomic mass is 9.99. The molecule has 0 radical (unpaired) electrons. The van der Waals surface area contributed by atoms with Crippen LogP contribution in [0.4, 0.5) is 5.69 Å². The highest BCUT2D eigenvalue weighted by Crippen LogP contribution is 2.29. The van der Waals surface area contributed by atoms with Crippen LogP contribution in [0.15, 0.2) is 59.6 Å². The van der Waals surface area contributed by atoms with E-state index in [0.717, 1.165) is 31.9 Å². The smallest absolute Gasteiger partial charge is 0.125 e. The zero-order chi connectivity index (χ0) is 14.8. The van der Waals surface area contributed by atoms with Crippen LogP contribution in [0.3, 0.4) is 0 Å². The number of anilines is 1. The van der Waals surface area contributed by atoms with Crippen molar-refractivity contribution in [3.63, 3.8) is 0 Å². The number of hydrogen-bond acceptors (Lipinski definition) is 4. The van der Waals surface area contributed by atoms with Crippen molar-refractivity contribution in [3.8, 4) is 0 Å². The van der Waals surface area contributed by atoms with Gasteiger partial charge in [0, 0.05) is 37.3 Å². The lowest BCUT2D eigenvalue weighted by Crippen LogP contribution is -2.54. The Labute approximate surface area is 131 Å². The number of rotatable bonds is 2. The fraction of sp³-hybridized carbons (Fsp3) is 0.278. The first-order valence-electron chi connectivity index (χ1n) is 7.86. The van der Waals surface area contributed by atoms with Crippen LogP contribution in [-0.2, 0) is 0 Å². The number of benzene rings is 2. The number of hydrogen-bond donors (Lipinski definition) is 1. The molecule has 0 amide bonds. The van der Waals surface area contributed by atoms with Crippen molar-refractivity contribution in [1.82, 2.24) is 10.3 Å². The van der Waals surface area contributed by atoms with Crippen molar-refractivity contribution in [2.75, 3.05) is 37.9 Å². The Morgan fingerprint density at radius 1 is 0.864 bits per heavy atom. The zero-order valence-electron chi connectivity index (χ0n) is 12.6. The molecule has 0 aliphatic carbocycles. The Kier molecular flexibility index (Phi) is 3.62. The molecule has 1 fully saturated rings. The van der Waals surface area contributed by atoms with Crippen LogP contribution >= 0.6 is 0 Å². The van der Waals surface area contributed by atoms with Gasteiger partial charge in [0.2, 0.25) is 0 Å².